The van der Waals surface area contributed by atoms with Crippen molar-refractivity contribution in [2.75, 3.05) is 25.0 Å². The van der Waals surface area contributed by atoms with E-state index >= 15 is 0 Å². The van der Waals surface area contributed by atoms with E-state index in [9.17, 15) is 9.59 Å². The molecule has 0 radical (unpaired) electrons. The molecule has 0 bridgehead atoms. The van der Waals surface area contributed by atoms with Crippen LogP contribution in [0.15, 0.2) is 35.3 Å². The van der Waals surface area contributed by atoms with Gasteiger partial charge in [-0.1, -0.05) is 37.3 Å². The number of rotatable bonds is 7. The Labute approximate surface area is 194 Å². The summed E-state index contributed by atoms with van der Waals surface area (Å²) in [6.07, 6.45) is 2.94. The van der Waals surface area contributed by atoms with Crippen LogP contribution in [0.4, 0.5) is 10.5 Å². The fraction of sp³-hybridized carbons (Fsp3) is 0.455. The number of nitrogens with two attached hydrogens (primary N) is 1. The molecule has 33 heavy (non-hydrogen) atoms. The van der Waals surface area contributed by atoms with Crippen LogP contribution < -0.4 is 21.9 Å². The van der Waals surface area contributed by atoms with Crippen LogP contribution in [0, 0.1) is 19.3 Å². The number of guanidine groups is 1. The van der Waals surface area contributed by atoms with E-state index in [4.69, 9.17) is 20.7 Å². The van der Waals surface area contributed by atoms with Gasteiger partial charge in [0.05, 0.1) is 19.2 Å². The zero-order valence-corrected chi connectivity index (χ0v) is 18.2. The number of aromatic nitrogens is 2. The largest absolute Gasteiger partial charge is 0.368 e. The molecule has 1 saturated heterocycles. The third-order valence-corrected chi connectivity index (χ3v) is 5.13. The van der Waals surface area contributed by atoms with Crippen molar-refractivity contribution in [2.24, 2.45) is 5.73 Å². The number of carbonyl (C=O) groups is 1. The van der Waals surface area contributed by atoms with Crippen molar-refractivity contribution in [3.8, 4) is 0 Å². The second-order valence-corrected chi connectivity index (χ2v) is 7.64. The summed E-state index contributed by atoms with van der Waals surface area (Å²) >= 11 is 0. The molecule has 0 aliphatic carbocycles. The molecule has 1 aromatic heterocycles. The molecule has 11 heteroatoms. The number of hydrogen-bond acceptors (Lipinski definition) is 6. The molecule has 1 fully saturated rings. The molecule has 3 rings (SSSR count). The van der Waals surface area contributed by atoms with Gasteiger partial charge in [-0.2, -0.15) is 0 Å². The number of amides is 1. The molecule has 0 saturated carbocycles. The normalized spacial score (nSPS) is 15.3. The van der Waals surface area contributed by atoms with Crippen LogP contribution in [0.3, 0.4) is 0 Å². The van der Waals surface area contributed by atoms with E-state index < -0.39 is 0 Å². The fourth-order valence-corrected chi connectivity index (χ4v) is 3.29. The summed E-state index contributed by atoms with van der Waals surface area (Å²) in [4.78, 5) is 34.8. The summed E-state index contributed by atoms with van der Waals surface area (Å²) in [6.45, 7) is 4.88. The maximum Gasteiger partial charge on any atom is 0.293 e. The summed E-state index contributed by atoms with van der Waals surface area (Å²) in [7, 11) is 0. The first kappa shape index (κ1) is 25.8. The molecule has 1 aliphatic rings. The Morgan fingerprint density at radius 3 is 2.67 bits per heavy atom. The number of hydrogen-bond donors (Lipinski definition) is 4. The summed E-state index contributed by atoms with van der Waals surface area (Å²) in [5.74, 6) is -0.221. The van der Waals surface area contributed by atoms with Gasteiger partial charge in [-0.05, 0) is 32.3 Å². The smallest absolute Gasteiger partial charge is 0.293 e. The SMILES string of the molecule is C.Cc1ccc(CCNc2ncc(C)n(CC(=O)NC3CCN(C(=N)N)OC3)c2=O)cc1.[3H]F. The Kier molecular flexibility index (Phi) is 9.80. The van der Waals surface area contributed by atoms with Crippen LogP contribution in [0.2, 0.25) is 0 Å². The lowest BCUT2D eigenvalue weighted by atomic mass is 10.1. The molecule has 5 N–H and O–H groups in total. The molecule has 1 atom stereocenters. The molecule has 1 aliphatic heterocycles. The lowest BCUT2D eigenvalue weighted by molar-refractivity contribution is -0.143. The van der Waals surface area contributed by atoms with Gasteiger partial charge < -0.3 is 16.4 Å². The Balaban J connectivity index is 0.00000188. The highest BCUT2D eigenvalue weighted by Crippen LogP contribution is 2.07. The number of nitrogens with one attached hydrogen (secondary N) is 3. The lowest BCUT2D eigenvalue weighted by Gasteiger charge is -2.31. The number of benzene rings is 1. The zero-order chi connectivity index (χ0) is 24.4. The zero-order valence-electron chi connectivity index (χ0n) is 19.2. The molecule has 1 aromatic carbocycles. The molecule has 1 unspecified atom stereocenters. The average Bonchev–Trinajstić information content (AvgIpc) is 2.81. The van der Waals surface area contributed by atoms with E-state index in [1.165, 1.54) is 20.8 Å². The average molecular weight is 466 g/mol. The van der Waals surface area contributed by atoms with Crippen molar-refractivity contribution in [1.82, 2.24) is 19.9 Å². The van der Waals surface area contributed by atoms with Gasteiger partial charge in [0, 0.05) is 18.4 Å². The number of carbonyl (C=O) groups excluding carboxylic acids is 1. The first-order valence-electron chi connectivity index (χ1n) is 10.6. The highest BCUT2D eigenvalue weighted by molar-refractivity contribution is 5.76. The first-order chi connectivity index (χ1) is 15.8. The summed E-state index contributed by atoms with van der Waals surface area (Å²) in [5.41, 5.74) is 8.03. The number of hydroxylamine groups is 2. The van der Waals surface area contributed by atoms with E-state index in [0.29, 0.717) is 25.2 Å². The summed E-state index contributed by atoms with van der Waals surface area (Å²) < 4.78 is 14.4. The lowest BCUT2D eigenvalue weighted by Crippen LogP contribution is -2.50. The van der Waals surface area contributed by atoms with E-state index in [-0.39, 0.29) is 49.9 Å². The number of nitrogens with zero attached hydrogens (tertiary/aromatic N) is 3. The van der Waals surface area contributed by atoms with Crippen LogP contribution in [-0.4, -0.2) is 53.7 Å². The molecular weight excluding hydrogens is 429 g/mol. The van der Waals surface area contributed by atoms with Crippen LogP contribution in [0.5, 0.6) is 0 Å². The third kappa shape index (κ3) is 7.56. The molecule has 2 aromatic rings. The topological polar surface area (TPSA) is 138 Å². The second-order valence-electron chi connectivity index (χ2n) is 7.64. The molecule has 182 valence electrons. The molecule has 1 amide bonds. The van der Waals surface area contributed by atoms with Crippen LogP contribution in [0.25, 0.3) is 0 Å². The van der Waals surface area contributed by atoms with Gasteiger partial charge in [0.15, 0.2) is 5.82 Å². The standard InChI is InChI=1S/C21H29N7O3.CH4.FH/c1-14-3-5-16(6-4-14)7-9-24-19-20(30)27(15(2)11-25-19)12-18(29)26-17-8-10-28(21(22)23)31-13-17;;/h3-6,11,17H,7-10,12-13H2,1-2H3,(H3,22,23)(H,24,25)(H,26,29);1H4;1H/i/hT. The highest BCUT2D eigenvalue weighted by atomic mass is 19.0. The van der Waals surface area contributed by atoms with Gasteiger partial charge in [0.1, 0.15) is 6.54 Å². The van der Waals surface area contributed by atoms with Crippen LogP contribution in [0.1, 0.15) is 30.7 Å². The molecule has 2 heterocycles. The van der Waals surface area contributed by atoms with E-state index in [0.717, 1.165) is 6.42 Å². The maximum atomic E-state index is 12.8. The third-order valence-electron chi connectivity index (χ3n) is 5.13. The van der Waals surface area contributed by atoms with Gasteiger partial charge in [-0.25, -0.2) is 10.0 Å². The monoisotopic (exact) mass is 465 g/mol. The summed E-state index contributed by atoms with van der Waals surface area (Å²) in [6, 6.07) is 8.03. The van der Waals surface area contributed by atoms with Gasteiger partial charge in [0.25, 0.3) is 7.01 Å². The number of anilines is 1. The molecular formula is C22H34FN7O3. The minimum Gasteiger partial charge on any atom is -0.368 e. The Bertz CT molecular complexity index is 993. The van der Waals surface area contributed by atoms with E-state index in [1.54, 1.807) is 13.1 Å². The van der Waals surface area contributed by atoms with E-state index in [2.05, 4.69) is 41.3 Å². The van der Waals surface area contributed by atoms with Crippen molar-refractivity contribution in [3.05, 3.63) is 57.6 Å². The second kappa shape index (κ2) is 12.5. The fourth-order valence-electron chi connectivity index (χ4n) is 3.29. The van der Waals surface area contributed by atoms with Crippen molar-refractivity contribution >= 4 is 17.7 Å². The van der Waals surface area contributed by atoms with Crippen molar-refractivity contribution < 1.29 is 14.3 Å². The van der Waals surface area contributed by atoms with Crippen LogP contribution in [-0.2, 0) is 22.6 Å². The van der Waals surface area contributed by atoms with Crippen molar-refractivity contribution in [2.45, 2.75) is 46.7 Å². The molecule has 0 spiro atoms. The minimum atomic E-state index is -0.332. The summed E-state index contributed by atoms with van der Waals surface area (Å²) in [5, 5.41) is 14.6. The Hall–Kier alpha value is -3.47. The van der Waals surface area contributed by atoms with Gasteiger partial charge in [0.2, 0.25) is 11.9 Å². The maximum absolute atomic E-state index is 12.8. The quantitative estimate of drug-likeness (QED) is 0.357. The van der Waals surface area contributed by atoms with Gasteiger partial charge >= 0.3 is 0 Å². The molecule has 10 nitrogen and oxygen atoms in total. The van der Waals surface area contributed by atoms with Gasteiger partial charge in [-0.3, -0.25) is 29.1 Å². The predicted molar refractivity (Wildman–Crippen MR) is 127 cm³/mol. The first-order valence-corrected chi connectivity index (χ1v) is 10.2. The number of aryl methyl sites for hydroxylation is 2. The Morgan fingerprint density at radius 1 is 1.36 bits per heavy atom. The van der Waals surface area contributed by atoms with Crippen molar-refractivity contribution in [1.29, 1.82) is 6.86 Å². The van der Waals surface area contributed by atoms with E-state index in [1.807, 2.05) is 6.92 Å². The minimum absolute atomic E-state index is 0. The van der Waals surface area contributed by atoms with Gasteiger partial charge in [-0.15, -0.1) is 0 Å². The Morgan fingerprint density at radius 2 is 2.06 bits per heavy atom. The number of halogens is 1. The van der Waals surface area contributed by atoms with Crippen molar-refractivity contribution in [3.63, 3.8) is 0 Å². The highest BCUT2D eigenvalue weighted by Gasteiger charge is 2.23. The predicted octanol–water partition coefficient (Wildman–Crippen LogP) is 1.32. The van der Waals surface area contributed by atoms with Crippen LogP contribution >= 0.6 is 0 Å².